The van der Waals surface area contributed by atoms with Gasteiger partial charge in [-0.25, -0.2) is 9.59 Å². The predicted molar refractivity (Wildman–Crippen MR) is 67.9 cm³/mol. The Hall–Kier alpha value is -1.83. The van der Waals surface area contributed by atoms with Crippen LogP contribution in [0, 0.1) is 5.92 Å². The minimum absolute atomic E-state index is 0.101. The fourth-order valence-corrected chi connectivity index (χ4v) is 1.92. The van der Waals surface area contributed by atoms with Crippen molar-refractivity contribution in [3.8, 4) is 0 Å². The Kier molecular flexibility index (Phi) is 5.75. The van der Waals surface area contributed by atoms with Gasteiger partial charge >= 0.3 is 18.0 Å². The van der Waals surface area contributed by atoms with E-state index in [4.69, 9.17) is 5.11 Å². The maximum absolute atomic E-state index is 11.9. The van der Waals surface area contributed by atoms with Crippen molar-refractivity contribution in [3.05, 3.63) is 0 Å². The lowest BCUT2D eigenvalue weighted by Gasteiger charge is -2.34. The number of carbonyl (C=O) groups excluding carboxylic acids is 2. The molecule has 2 unspecified atom stereocenters. The van der Waals surface area contributed by atoms with E-state index in [9.17, 15) is 19.5 Å². The first-order valence-electron chi connectivity index (χ1n) is 6.38. The number of β-amino-alcohol motifs (C(OH)–C–C–N with tert-alkyl or cyclic N) is 1. The van der Waals surface area contributed by atoms with Gasteiger partial charge in [-0.3, -0.25) is 4.79 Å². The summed E-state index contributed by atoms with van der Waals surface area (Å²) in [4.78, 5) is 35.4. The molecule has 0 aromatic heterocycles. The van der Waals surface area contributed by atoms with Crippen LogP contribution < -0.4 is 5.32 Å². The highest BCUT2D eigenvalue weighted by atomic mass is 16.5. The number of amides is 2. The number of carboxylic acids is 1. The Morgan fingerprint density at radius 1 is 1.45 bits per heavy atom. The monoisotopic (exact) mass is 288 g/mol. The lowest BCUT2D eigenvalue weighted by Crippen LogP contribution is -2.53. The average molecular weight is 288 g/mol. The number of nitrogens with one attached hydrogen (secondary N) is 1. The van der Waals surface area contributed by atoms with Gasteiger partial charge in [-0.1, -0.05) is 6.92 Å². The quantitative estimate of drug-likeness (QED) is 0.596. The molecule has 0 aliphatic carbocycles. The summed E-state index contributed by atoms with van der Waals surface area (Å²) in [6.07, 6.45) is -0.424. The Labute approximate surface area is 116 Å². The van der Waals surface area contributed by atoms with E-state index >= 15 is 0 Å². The molecule has 3 atom stereocenters. The summed E-state index contributed by atoms with van der Waals surface area (Å²) in [7, 11) is 1.14. The van der Waals surface area contributed by atoms with Crippen LogP contribution in [0.2, 0.25) is 0 Å². The highest BCUT2D eigenvalue weighted by Gasteiger charge is 2.30. The molecule has 1 rings (SSSR count). The lowest BCUT2D eigenvalue weighted by molar-refractivity contribution is -0.147. The number of likely N-dealkylation sites (tertiary alicyclic amines) is 1. The molecule has 1 fully saturated rings. The van der Waals surface area contributed by atoms with E-state index in [0.29, 0.717) is 13.0 Å². The van der Waals surface area contributed by atoms with Crippen LogP contribution in [0.1, 0.15) is 19.8 Å². The number of aliphatic carboxylic acids is 1. The van der Waals surface area contributed by atoms with Gasteiger partial charge < -0.3 is 25.2 Å². The van der Waals surface area contributed by atoms with Gasteiger partial charge in [0.25, 0.3) is 0 Å². The maximum atomic E-state index is 11.9. The van der Waals surface area contributed by atoms with E-state index in [1.165, 1.54) is 4.90 Å². The number of urea groups is 1. The third-order valence-corrected chi connectivity index (χ3v) is 3.40. The van der Waals surface area contributed by atoms with Crippen LogP contribution in [0.4, 0.5) is 4.79 Å². The Balaban J connectivity index is 2.58. The number of aliphatic hydroxyl groups excluding tert-OH is 1. The van der Waals surface area contributed by atoms with Crippen LogP contribution in [-0.4, -0.2) is 65.4 Å². The fourth-order valence-electron chi connectivity index (χ4n) is 1.92. The Morgan fingerprint density at radius 3 is 2.60 bits per heavy atom. The molecule has 0 bridgehead atoms. The van der Waals surface area contributed by atoms with Crippen LogP contribution in [-0.2, 0) is 14.3 Å². The zero-order chi connectivity index (χ0) is 15.3. The molecule has 1 aliphatic rings. The summed E-state index contributed by atoms with van der Waals surface area (Å²) in [6.45, 7) is 2.48. The van der Waals surface area contributed by atoms with Crippen LogP contribution in [0.15, 0.2) is 0 Å². The highest BCUT2D eigenvalue weighted by Crippen LogP contribution is 2.17. The van der Waals surface area contributed by atoms with Gasteiger partial charge in [0.1, 0.15) is 6.04 Å². The summed E-state index contributed by atoms with van der Waals surface area (Å²) >= 11 is 0. The van der Waals surface area contributed by atoms with E-state index < -0.39 is 36.5 Å². The summed E-state index contributed by atoms with van der Waals surface area (Å²) in [5.41, 5.74) is 0. The smallest absolute Gasteiger partial charge is 0.326 e. The molecule has 1 heterocycles. The second-order valence-corrected chi connectivity index (χ2v) is 4.90. The number of carboxylic acid groups (broad SMARTS) is 1. The van der Waals surface area contributed by atoms with Crippen molar-refractivity contribution in [1.82, 2.24) is 10.2 Å². The molecule has 20 heavy (non-hydrogen) atoms. The number of carbonyl (C=O) groups is 3. The van der Waals surface area contributed by atoms with Gasteiger partial charge in [-0.05, 0) is 12.3 Å². The molecule has 1 saturated heterocycles. The van der Waals surface area contributed by atoms with E-state index in [1.807, 2.05) is 6.92 Å². The van der Waals surface area contributed by atoms with E-state index in [2.05, 4.69) is 10.1 Å². The molecule has 0 aromatic rings. The van der Waals surface area contributed by atoms with Crippen molar-refractivity contribution >= 4 is 18.0 Å². The van der Waals surface area contributed by atoms with Crippen LogP contribution >= 0.6 is 0 Å². The molecule has 1 aliphatic heterocycles. The van der Waals surface area contributed by atoms with E-state index in [1.54, 1.807) is 0 Å². The van der Waals surface area contributed by atoms with Crippen molar-refractivity contribution in [3.63, 3.8) is 0 Å². The van der Waals surface area contributed by atoms with Crippen molar-refractivity contribution in [1.29, 1.82) is 0 Å². The average Bonchev–Trinajstić information content (AvgIpc) is 2.40. The number of rotatable bonds is 4. The van der Waals surface area contributed by atoms with Crippen molar-refractivity contribution < 1.29 is 29.3 Å². The fraction of sp³-hybridized carbons (Fsp3) is 0.750. The lowest BCUT2D eigenvalue weighted by atomic mass is 9.96. The first-order valence-corrected chi connectivity index (χ1v) is 6.38. The summed E-state index contributed by atoms with van der Waals surface area (Å²) in [6, 6.07) is -1.95. The summed E-state index contributed by atoms with van der Waals surface area (Å²) < 4.78 is 4.38. The zero-order valence-electron chi connectivity index (χ0n) is 11.5. The first-order chi connectivity index (χ1) is 9.35. The van der Waals surface area contributed by atoms with E-state index in [0.717, 1.165) is 7.11 Å². The Bertz CT molecular complexity index is 386. The standard InChI is InChI=1S/C12H20N2O6/c1-7-3-4-14(6-9(7)15)12(19)13-8(11(17)18)5-10(16)20-2/h7-9,15H,3-6H2,1-2H3,(H,13,19)(H,17,18)/t7?,8-,9?/m0/s1. The molecular weight excluding hydrogens is 268 g/mol. The van der Waals surface area contributed by atoms with Gasteiger partial charge in [0.15, 0.2) is 0 Å². The molecular formula is C12H20N2O6. The Morgan fingerprint density at radius 2 is 2.10 bits per heavy atom. The van der Waals surface area contributed by atoms with Gasteiger partial charge in [0.05, 0.1) is 19.6 Å². The van der Waals surface area contributed by atoms with Crippen LogP contribution in [0.3, 0.4) is 0 Å². The van der Waals surface area contributed by atoms with Gasteiger partial charge in [-0.15, -0.1) is 0 Å². The molecule has 8 heteroatoms. The zero-order valence-corrected chi connectivity index (χ0v) is 11.5. The number of nitrogens with zero attached hydrogens (tertiary/aromatic N) is 1. The van der Waals surface area contributed by atoms with Crippen molar-refractivity contribution in [2.24, 2.45) is 5.92 Å². The number of hydrogen-bond acceptors (Lipinski definition) is 5. The molecule has 0 aromatic carbocycles. The molecule has 8 nitrogen and oxygen atoms in total. The number of methoxy groups -OCH3 is 1. The van der Waals surface area contributed by atoms with Gasteiger partial charge in [0.2, 0.25) is 0 Å². The van der Waals surface area contributed by atoms with Gasteiger partial charge in [-0.2, -0.15) is 0 Å². The predicted octanol–water partition coefficient (Wildman–Crippen LogP) is -0.585. The topological polar surface area (TPSA) is 116 Å². The van der Waals surface area contributed by atoms with Crippen LogP contribution in [0.5, 0.6) is 0 Å². The first kappa shape index (κ1) is 16.2. The number of ether oxygens (including phenoxy) is 1. The SMILES string of the molecule is COC(=O)C[C@H](NC(=O)N1CCC(C)C(O)C1)C(=O)O. The number of aliphatic hydroxyl groups is 1. The van der Waals surface area contributed by atoms with Crippen molar-refractivity contribution in [2.45, 2.75) is 31.9 Å². The maximum Gasteiger partial charge on any atom is 0.326 e. The number of esters is 1. The van der Waals surface area contributed by atoms with Crippen LogP contribution in [0.25, 0.3) is 0 Å². The minimum atomic E-state index is -1.34. The molecule has 114 valence electrons. The molecule has 0 radical (unpaired) electrons. The minimum Gasteiger partial charge on any atom is -0.480 e. The number of hydrogen-bond donors (Lipinski definition) is 3. The largest absolute Gasteiger partial charge is 0.480 e. The van der Waals surface area contributed by atoms with Gasteiger partial charge in [0, 0.05) is 13.1 Å². The molecule has 3 N–H and O–H groups in total. The molecule has 0 spiro atoms. The third-order valence-electron chi connectivity index (χ3n) is 3.40. The highest BCUT2D eigenvalue weighted by molar-refractivity contribution is 5.86. The normalized spacial score (nSPS) is 23.9. The number of piperidine rings is 1. The summed E-state index contributed by atoms with van der Waals surface area (Å²) in [5, 5.41) is 20.9. The second-order valence-electron chi connectivity index (χ2n) is 4.90. The van der Waals surface area contributed by atoms with Crippen molar-refractivity contribution in [2.75, 3.05) is 20.2 Å². The summed E-state index contributed by atoms with van der Waals surface area (Å²) in [5.74, 6) is -1.93. The molecule has 2 amide bonds. The van der Waals surface area contributed by atoms with E-state index in [-0.39, 0.29) is 12.5 Å². The molecule has 0 saturated carbocycles. The third kappa shape index (κ3) is 4.37. The second kappa shape index (κ2) is 7.09.